The molecule has 6 nitrogen and oxygen atoms in total. The first kappa shape index (κ1) is 18.6. The fourth-order valence-corrected chi connectivity index (χ4v) is 2.11. The van der Waals surface area contributed by atoms with Crippen LogP contribution in [-0.2, 0) is 33.6 Å². The number of carbonyl (C=O) groups excluding carboxylic acids is 3. The van der Waals surface area contributed by atoms with Gasteiger partial charge in [-0.25, -0.2) is 14.4 Å². The van der Waals surface area contributed by atoms with Gasteiger partial charge in [0.25, 0.3) is 0 Å². The maximum atomic E-state index is 10.1. The van der Waals surface area contributed by atoms with Crippen LogP contribution in [0.15, 0.2) is 70.0 Å². The van der Waals surface area contributed by atoms with Gasteiger partial charge >= 0.3 is 0 Å². The van der Waals surface area contributed by atoms with Gasteiger partial charge < -0.3 is 0 Å². The van der Waals surface area contributed by atoms with Crippen molar-refractivity contribution in [2.24, 2.45) is 15.0 Å². The first-order chi connectivity index (χ1) is 11.8. The average Bonchev–Trinajstić information content (AvgIpc) is 2.60. The molecule has 0 heterocycles. The summed E-state index contributed by atoms with van der Waals surface area (Å²) in [7, 11) is 0. The molecule has 0 spiro atoms. The van der Waals surface area contributed by atoms with Gasteiger partial charge in [0.05, 0.1) is 0 Å². The van der Waals surface area contributed by atoms with Gasteiger partial charge in [0.15, 0.2) is 0 Å². The van der Waals surface area contributed by atoms with Gasteiger partial charge in [-0.05, 0) is 36.0 Å². The summed E-state index contributed by atoms with van der Waals surface area (Å²) in [5.74, 6) is 0. The van der Waals surface area contributed by atoms with E-state index in [0.717, 1.165) is 16.7 Å². The Kier molecular flexibility index (Phi) is 9.44. The van der Waals surface area contributed by atoms with Crippen molar-refractivity contribution >= 4 is 18.2 Å². The van der Waals surface area contributed by atoms with Crippen molar-refractivity contribution < 1.29 is 14.4 Å². The molecule has 0 aliphatic carbocycles. The van der Waals surface area contributed by atoms with Gasteiger partial charge in [0.2, 0.25) is 18.2 Å². The number of hydrogen-bond acceptors (Lipinski definition) is 6. The van der Waals surface area contributed by atoms with Crippen LogP contribution in [0.3, 0.4) is 0 Å². The van der Waals surface area contributed by atoms with E-state index < -0.39 is 0 Å². The van der Waals surface area contributed by atoms with Crippen molar-refractivity contribution in [3.05, 3.63) is 71.7 Å². The van der Waals surface area contributed by atoms with Crippen LogP contribution in [0.25, 0.3) is 0 Å². The van der Waals surface area contributed by atoms with E-state index >= 15 is 0 Å². The third-order valence-electron chi connectivity index (χ3n) is 3.07. The van der Waals surface area contributed by atoms with Crippen molar-refractivity contribution in [2.45, 2.75) is 19.3 Å². The van der Waals surface area contributed by atoms with E-state index in [0.29, 0.717) is 19.3 Å². The summed E-state index contributed by atoms with van der Waals surface area (Å²) in [5, 5.41) is 0. The number of rotatable bonds is 9. The zero-order chi connectivity index (χ0) is 17.5. The molecule has 0 atom stereocenters. The molecule has 1 aromatic rings. The van der Waals surface area contributed by atoms with E-state index in [2.05, 4.69) is 15.0 Å². The number of benzene rings is 1. The maximum Gasteiger partial charge on any atom is 0.239 e. The molecule has 24 heavy (non-hydrogen) atoms. The second-order valence-electron chi connectivity index (χ2n) is 4.48. The zero-order valence-electron chi connectivity index (χ0n) is 12.9. The van der Waals surface area contributed by atoms with Crippen LogP contribution in [0, 0.1) is 0 Å². The van der Waals surface area contributed by atoms with Gasteiger partial charge in [-0.1, -0.05) is 36.4 Å². The smallest absolute Gasteiger partial charge is 0.211 e. The first-order valence-electron chi connectivity index (χ1n) is 7.09. The number of hydrogen-bond donors (Lipinski definition) is 0. The Morgan fingerprint density at radius 1 is 0.708 bits per heavy atom. The van der Waals surface area contributed by atoms with Gasteiger partial charge in [0, 0.05) is 18.6 Å². The summed E-state index contributed by atoms with van der Waals surface area (Å²) in [6.07, 6.45) is 15.6. The van der Waals surface area contributed by atoms with E-state index in [9.17, 15) is 14.4 Å². The highest BCUT2D eigenvalue weighted by Crippen LogP contribution is 2.19. The normalized spacial score (nSPS) is 10.5. The van der Waals surface area contributed by atoms with Crippen molar-refractivity contribution in [2.75, 3.05) is 0 Å². The van der Waals surface area contributed by atoms with Crippen LogP contribution < -0.4 is 0 Å². The second kappa shape index (κ2) is 12.2. The third-order valence-corrected chi connectivity index (χ3v) is 3.07. The van der Waals surface area contributed by atoms with E-state index in [4.69, 9.17) is 0 Å². The van der Waals surface area contributed by atoms with Gasteiger partial charge in [-0.2, -0.15) is 15.0 Å². The van der Waals surface area contributed by atoms with Crippen molar-refractivity contribution in [3.8, 4) is 0 Å². The SMILES string of the molecule is O=C=NC=CCc1cccc(CC=CN=C=O)c1CC=CN=C=O. The molecule has 0 unspecified atom stereocenters. The lowest BCUT2D eigenvalue weighted by Gasteiger charge is -2.11. The highest BCUT2D eigenvalue weighted by molar-refractivity contribution is 5.40. The van der Waals surface area contributed by atoms with Crippen molar-refractivity contribution in [1.82, 2.24) is 0 Å². The number of isocyanates is 3. The van der Waals surface area contributed by atoms with Crippen LogP contribution in [0.2, 0.25) is 0 Å². The van der Waals surface area contributed by atoms with E-state index in [-0.39, 0.29) is 0 Å². The van der Waals surface area contributed by atoms with Gasteiger partial charge in [0.1, 0.15) is 0 Å². The summed E-state index contributed by atoms with van der Waals surface area (Å²) in [6, 6.07) is 5.87. The fourth-order valence-electron chi connectivity index (χ4n) is 2.11. The van der Waals surface area contributed by atoms with Crippen LogP contribution >= 0.6 is 0 Å². The Morgan fingerprint density at radius 2 is 1.12 bits per heavy atom. The lowest BCUT2D eigenvalue weighted by molar-refractivity contribution is 0.564. The van der Waals surface area contributed by atoms with Crippen LogP contribution in [0.1, 0.15) is 16.7 Å². The molecule has 0 aromatic heterocycles. The Balaban J connectivity index is 3.07. The summed E-state index contributed by atoms with van der Waals surface area (Å²) >= 11 is 0. The topological polar surface area (TPSA) is 88.3 Å². The minimum absolute atomic E-state index is 0.576. The summed E-state index contributed by atoms with van der Waals surface area (Å²) in [4.78, 5) is 40.4. The molecule has 0 N–H and O–H groups in total. The van der Waals surface area contributed by atoms with E-state index in [1.54, 1.807) is 18.2 Å². The van der Waals surface area contributed by atoms with Gasteiger partial charge in [-0.15, -0.1) is 0 Å². The lowest BCUT2D eigenvalue weighted by atomic mass is 9.94. The largest absolute Gasteiger partial charge is 0.239 e. The molecular formula is C18H15N3O3. The summed E-state index contributed by atoms with van der Waals surface area (Å²) in [5.41, 5.74) is 3.17. The Hall–Kier alpha value is -3.42. The van der Waals surface area contributed by atoms with Crippen LogP contribution in [0.5, 0.6) is 0 Å². The predicted octanol–water partition coefficient (Wildman–Crippen LogP) is 2.86. The Bertz CT molecular complexity index is 726. The molecule has 0 amide bonds. The average molecular weight is 321 g/mol. The molecule has 1 rings (SSSR count). The number of allylic oxidation sites excluding steroid dienone is 3. The van der Waals surface area contributed by atoms with Crippen LogP contribution in [0.4, 0.5) is 0 Å². The van der Waals surface area contributed by atoms with Crippen molar-refractivity contribution in [1.29, 1.82) is 0 Å². The fraction of sp³-hybridized carbons (Fsp3) is 0.167. The maximum absolute atomic E-state index is 10.1. The molecule has 0 aliphatic heterocycles. The number of aliphatic imine (C=N–C) groups is 3. The molecule has 1 aromatic carbocycles. The summed E-state index contributed by atoms with van der Waals surface area (Å²) < 4.78 is 0. The van der Waals surface area contributed by atoms with Gasteiger partial charge in [-0.3, -0.25) is 0 Å². The molecule has 120 valence electrons. The zero-order valence-corrected chi connectivity index (χ0v) is 12.9. The standard InChI is InChI=1S/C18H15N3O3/c22-13-19-10-2-7-16-5-1-6-17(8-3-11-20-14-23)18(16)9-4-12-21-15-24/h1-6,10-12H,7-9H2. The Morgan fingerprint density at radius 3 is 1.54 bits per heavy atom. The minimum atomic E-state index is 0.576. The van der Waals surface area contributed by atoms with E-state index in [1.807, 2.05) is 18.2 Å². The molecule has 0 fully saturated rings. The quantitative estimate of drug-likeness (QED) is 0.517. The Labute approximate surface area is 139 Å². The van der Waals surface area contributed by atoms with E-state index in [1.165, 1.54) is 36.8 Å². The second-order valence-corrected chi connectivity index (χ2v) is 4.48. The molecule has 0 radical (unpaired) electrons. The number of nitrogens with zero attached hydrogens (tertiary/aromatic N) is 3. The monoisotopic (exact) mass is 321 g/mol. The predicted molar refractivity (Wildman–Crippen MR) is 89.3 cm³/mol. The van der Waals surface area contributed by atoms with Crippen LogP contribution in [-0.4, -0.2) is 18.2 Å². The third kappa shape index (κ3) is 7.03. The molecule has 0 bridgehead atoms. The highest BCUT2D eigenvalue weighted by Gasteiger charge is 2.05. The van der Waals surface area contributed by atoms with Crippen molar-refractivity contribution in [3.63, 3.8) is 0 Å². The molecule has 6 heteroatoms. The highest BCUT2D eigenvalue weighted by atomic mass is 16.1. The minimum Gasteiger partial charge on any atom is -0.211 e. The molecule has 0 saturated carbocycles. The lowest BCUT2D eigenvalue weighted by Crippen LogP contribution is -1.98. The summed E-state index contributed by atoms with van der Waals surface area (Å²) in [6.45, 7) is 0. The molecule has 0 aliphatic rings. The molecule has 0 saturated heterocycles. The first-order valence-corrected chi connectivity index (χ1v) is 7.09. The molecular weight excluding hydrogens is 306 g/mol.